The van der Waals surface area contributed by atoms with Crippen LogP contribution in [0.25, 0.3) is 0 Å². The first kappa shape index (κ1) is 12.8. The largest absolute Gasteiger partial charge is 0.478 e. The van der Waals surface area contributed by atoms with Gasteiger partial charge in [0.2, 0.25) is 5.82 Å². The highest BCUT2D eigenvalue weighted by Gasteiger charge is 2.20. The van der Waals surface area contributed by atoms with Crippen LogP contribution in [0, 0.1) is 11.6 Å². The standard InChI is InChI=1S/C9H5F2IO4/c10-7-4(9(14)15)1-2-5(8(7)11)16-6(13)3-12/h1-2H,3H2,(H,14,15). The van der Waals surface area contributed by atoms with Gasteiger partial charge in [-0.1, -0.05) is 22.6 Å². The van der Waals surface area contributed by atoms with Crippen molar-refractivity contribution in [2.45, 2.75) is 0 Å². The predicted molar refractivity (Wildman–Crippen MR) is 57.8 cm³/mol. The van der Waals surface area contributed by atoms with E-state index in [1.54, 1.807) is 22.6 Å². The summed E-state index contributed by atoms with van der Waals surface area (Å²) in [6, 6.07) is 1.72. The molecule has 0 bridgehead atoms. The molecule has 1 aromatic rings. The fraction of sp³-hybridized carbons (Fsp3) is 0.111. The van der Waals surface area contributed by atoms with Gasteiger partial charge in [0.05, 0.1) is 9.99 Å². The molecule has 1 aromatic carbocycles. The molecule has 1 rings (SSSR count). The molecule has 0 fully saturated rings. The molecule has 16 heavy (non-hydrogen) atoms. The predicted octanol–water partition coefficient (Wildman–Crippen LogP) is 2.00. The number of hydrogen-bond acceptors (Lipinski definition) is 3. The number of rotatable bonds is 3. The van der Waals surface area contributed by atoms with Crippen molar-refractivity contribution >= 4 is 34.5 Å². The minimum atomic E-state index is -1.59. The summed E-state index contributed by atoms with van der Waals surface area (Å²) < 4.78 is 30.7. The molecule has 0 aliphatic heterocycles. The van der Waals surface area contributed by atoms with Gasteiger partial charge < -0.3 is 9.84 Å². The van der Waals surface area contributed by atoms with E-state index < -0.39 is 34.9 Å². The number of ether oxygens (including phenoxy) is 1. The number of carbonyl (C=O) groups is 2. The summed E-state index contributed by atoms with van der Waals surface area (Å²) in [5.74, 6) is -6.00. The molecule has 0 spiro atoms. The van der Waals surface area contributed by atoms with Crippen LogP contribution in [0.2, 0.25) is 0 Å². The van der Waals surface area contributed by atoms with E-state index in [1.165, 1.54) is 0 Å². The molecular weight excluding hydrogens is 337 g/mol. The average Bonchev–Trinajstić information content (AvgIpc) is 2.24. The van der Waals surface area contributed by atoms with E-state index in [0.717, 1.165) is 12.1 Å². The van der Waals surface area contributed by atoms with Crippen LogP contribution >= 0.6 is 22.6 Å². The highest BCUT2D eigenvalue weighted by Crippen LogP contribution is 2.23. The highest BCUT2D eigenvalue weighted by atomic mass is 127. The van der Waals surface area contributed by atoms with Crippen molar-refractivity contribution < 1.29 is 28.2 Å². The second-order valence-corrected chi connectivity index (χ2v) is 3.41. The Morgan fingerprint density at radius 3 is 2.44 bits per heavy atom. The lowest BCUT2D eigenvalue weighted by Crippen LogP contribution is -2.11. The van der Waals surface area contributed by atoms with Gasteiger partial charge in [-0.25, -0.2) is 9.18 Å². The Morgan fingerprint density at radius 2 is 1.94 bits per heavy atom. The minimum Gasteiger partial charge on any atom is -0.478 e. The van der Waals surface area contributed by atoms with E-state index in [4.69, 9.17) is 5.11 Å². The Morgan fingerprint density at radius 1 is 1.31 bits per heavy atom. The number of carboxylic acids is 1. The topological polar surface area (TPSA) is 63.6 Å². The summed E-state index contributed by atoms with van der Waals surface area (Å²) in [6.45, 7) is 0. The number of benzene rings is 1. The summed E-state index contributed by atoms with van der Waals surface area (Å²) >= 11 is 1.69. The normalized spacial score (nSPS) is 9.94. The third-order valence-corrected chi connectivity index (χ3v) is 2.23. The van der Waals surface area contributed by atoms with Crippen LogP contribution in [0.3, 0.4) is 0 Å². The smallest absolute Gasteiger partial charge is 0.338 e. The molecule has 0 radical (unpaired) electrons. The maximum Gasteiger partial charge on any atom is 0.338 e. The van der Waals surface area contributed by atoms with E-state index in [1.807, 2.05) is 0 Å². The number of hydrogen-bond donors (Lipinski definition) is 1. The lowest BCUT2D eigenvalue weighted by Gasteiger charge is -2.05. The first-order valence-electron chi connectivity index (χ1n) is 3.95. The highest BCUT2D eigenvalue weighted by molar-refractivity contribution is 14.1. The molecule has 86 valence electrons. The third-order valence-electron chi connectivity index (χ3n) is 1.61. The number of alkyl halides is 1. The van der Waals surface area contributed by atoms with E-state index in [9.17, 15) is 18.4 Å². The Hall–Kier alpha value is -1.25. The van der Waals surface area contributed by atoms with Crippen molar-refractivity contribution in [1.82, 2.24) is 0 Å². The Balaban J connectivity index is 3.12. The first-order valence-corrected chi connectivity index (χ1v) is 5.48. The number of carbonyl (C=O) groups excluding carboxylic acids is 1. The summed E-state index contributed by atoms with van der Waals surface area (Å²) in [6.07, 6.45) is 0. The van der Waals surface area contributed by atoms with Crippen LogP contribution in [-0.4, -0.2) is 21.5 Å². The monoisotopic (exact) mass is 342 g/mol. The molecule has 7 heteroatoms. The maximum atomic E-state index is 13.2. The second kappa shape index (κ2) is 5.19. The second-order valence-electron chi connectivity index (χ2n) is 2.65. The van der Waals surface area contributed by atoms with Crippen LogP contribution < -0.4 is 4.74 Å². The minimum absolute atomic E-state index is 0.0283. The van der Waals surface area contributed by atoms with Gasteiger partial charge in [0.15, 0.2) is 11.6 Å². The summed E-state index contributed by atoms with van der Waals surface area (Å²) in [4.78, 5) is 21.3. The summed E-state index contributed by atoms with van der Waals surface area (Å²) in [5, 5.41) is 8.49. The van der Waals surface area contributed by atoms with Gasteiger partial charge in [-0.15, -0.1) is 0 Å². The molecule has 0 aromatic heterocycles. The van der Waals surface area contributed by atoms with E-state index >= 15 is 0 Å². The number of halogens is 3. The van der Waals surface area contributed by atoms with Crippen molar-refractivity contribution in [3.8, 4) is 5.75 Å². The Labute approximate surface area is 102 Å². The van der Waals surface area contributed by atoms with Crippen molar-refractivity contribution in [1.29, 1.82) is 0 Å². The van der Waals surface area contributed by atoms with Gasteiger partial charge in [0, 0.05) is 0 Å². The lowest BCUT2D eigenvalue weighted by atomic mass is 10.2. The maximum absolute atomic E-state index is 13.2. The number of carboxylic acid groups (broad SMARTS) is 1. The fourth-order valence-electron chi connectivity index (χ4n) is 0.926. The SMILES string of the molecule is O=C(CI)Oc1ccc(C(=O)O)c(F)c1F. The molecule has 0 aliphatic carbocycles. The van der Waals surface area contributed by atoms with E-state index in [0.29, 0.717) is 0 Å². The molecule has 0 atom stereocenters. The Kier molecular flexibility index (Phi) is 4.16. The van der Waals surface area contributed by atoms with Gasteiger partial charge in [-0.3, -0.25) is 4.79 Å². The average molecular weight is 342 g/mol. The first-order chi connectivity index (χ1) is 7.47. The Bertz CT molecular complexity index is 447. The van der Waals surface area contributed by atoms with Crippen molar-refractivity contribution in [2.24, 2.45) is 0 Å². The lowest BCUT2D eigenvalue weighted by molar-refractivity contribution is -0.131. The van der Waals surface area contributed by atoms with Crippen LogP contribution in [-0.2, 0) is 4.79 Å². The van der Waals surface area contributed by atoms with Gasteiger partial charge in [0.25, 0.3) is 0 Å². The number of aromatic carboxylic acids is 1. The van der Waals surface area contributed by atoms with E-state index in [2.05, 4.69) is 4.74 Å². The van der Waals surface area contributed by atoms with Crippen LogP contribution in [0.1, 0.15) is 10.4 Å². The molecule has 1 N–H and O–H groups in total. The van der Waals surface area contributed by atoms with Gasteiger partial charge in [-0.05, 0) is 12.1 Å². The molecule has 0 saturated carbocycles. The molecule has 0 heterocycles. The molecule has 0 saturated heterocycles. The van der Waals surface area contributed by atoms with Gasteiger partial charge >= 0.3 is 11.9 Å². The van der Waals surface area contributed by atoms with E-state index in [-0.39, 0.29) is 4.43 Å². The molecular formula is C9H5F2IO4. The van der Waals surface area contributed by atoms with Crippen LogP contribution in [0.5, 0.6) is 5.75 Å². The van der Waals surface area contributed by atoms with Crippen molar-refractivity contribution in [2.75, 3.05) is 4.43 Å². The molecule has 0 unspecified atom stereocenters. The summed E-state index contributed by atoms with van der Waals surface area (Å²) in [5.41, 5.74) is -0.813. The fourth-order valence-corrected chi connectivity index (χ4v) is 1.08. The zero-order chi connectivity index (χ0) is 12.3. The quantitative estimate of drug-likeness (QED) is 0.395. The van der Waals surface area contributed by atoms with Gasteiger partial charge in [0.1, 0.15) is 0 Å². The molecule has 4 nitrogen and oxygen atoms in total. The van der Waals surface area contributed by atoms with Crippen molar-refractivity contribution in [3.05, 3.63) is 29.3 Å². The third kappa shape index (κ3) is 2.65. The summed E-state index contributed by atoms with van der Waals surface area (Å²) in [7, 11) is 0. The van der Waals surface area contributed by atoms with Crippen LogP contribution in [0.15, 0.2) is 12.1 Å². The molecule has 0 amide bonds. The van der Waals surface area contributed by atoms with Crippen molar-refractivity contribution in [3.63, 3.8) is 0 Å². The van der Waals surface area contributed by atoms with Gasteiger partial charge in [-0.2, -0.15) is 4.39 Å². The number of esters is 1. The zero-order valence-corrected chi connectivity index (χ0v) is 9.83. The van der Waals surface area contributed by atoms with Crippen LogP contribution in [0.4, 0.5) is 8.78 Å². The molecule has 0 aliphatic rings. The zero-order valence-electron chi connectivity index (χ0n) is 7.67.